The molecule has 26 heavy (non-hydrogen) atoms. The lowest BCUT2D eigenvalue weighted by Gasteiger charge is -2.38. The molecule has 3 fully saturated rings. The first-order valence-electron chi connectivity index (χ1n) is 10.0. The first-order valence-corrected chi connectivity index (χ1v) is 10.8. The number of carbonyl (C=O) groups excluding carboxylic acids is 1. The summed E-state index contributed by atoms with van der Waals surface area (Å²) in [5.41, 5.74) is 0. The van der Waals surface area contributed by atoms with Crippen LogP contribution in [0.15, 0.2) is 35.2 Å². The second kappa shape index (κ2) is 8.99. The first-order chi connectivity index (χ1) is 12.3. The van der Waals surface area contributed by atoms with Crippen LogP contribution in [0, 0.1) is 5.92 Å². The zero-order valence-electron chi connectivity index (χ0n) is 15.5. The second-order valence-electron chi connectivity index (χ2n) is 8.03. The largest absolute Gasteiger partial charge is 0.341 e. The van der Waals surface area contributed by atoms with Gasteiger partial charge < -0.3 is 10.2 Å². The van der Waals surface area contributed by atoms with Gasteiger partial charge >= 0.3 is 0 Å². The molecule has 0 radical (unpaired) electrons. The van der Waals surface area contributed by atoms with Gasteiger partial charge in [0.25, 0.3) is 0 Å². The maximum atomic E-state index is 13.4. The Morgan fingerprint density at radius 2 is 1.73 bits per heavy atom. The number of hydrogen-bond acceptors (Lipinski definition) is 3. The van der Waals surface area contributed by atoms with Crippen molar-refractivity contribution >= 4 is 30.1 Å². The molecule has 1 saturated heterocycles. The van der Waals surface area contributed by atoms with Crippen molar-refractivity contribution in [2.75, 3.05) is 19.6 Å². The normalized spacial score (nSPS) is 22.8. The van der Waals surface area contributed by atoms with Crippen LogP contribution in [0.1, 0.15) is 51.4 Å². The van der Waals surface area contributed by atoms with Gasteiger partial charge in [-0.1, -0.05) is 31.0 Å². The predicted octanol–water partition coefficient (Wildman–Crippen LogP) is 4.50. The van der Waals surface area contributed by atoms with E-state index < -0.39 is 0 Å². The van der Waals surface area contributed by atoms with E-state index in [4.69, 9.17) is 0 Å². The van der Waals surface area contributed by atoms with E-state index in [0.29, 0.717) is 11.9 Å². The maximum absolute atomic E-state index is 13.4. The van der Waals surface area contributed by atoms with Gasteiger partial charge in [-0.2, -0.15) is 0 Å². The van der Waals surface area contributed by atoms with Crippen LogP contribution in [0.3, 0.4) is 0 Å². The maximum Gasteiger partial charge on any atom is 0.239 e. The molecule has 4 rings (SSSR count). The smallest absolute Gasteiger partial charge is 0.239 e. The highest BCUT2D eigenvalue weighted by molar-refractivity contribution is 8.01. The Balaban J connectivity index is 0.00000196. The highest BCUT2D eigenvalue weighted by Gasteiger charge is 2.45. The summed E-state index contributed by atoms with van der Waals surface area (Å²) in [4.78, 5) is 16.8. The summed E-state index contributed by atoms with van der Waals surface area (Å²) in [6.45, 7) is 3.04. The molecular formula is C21H31ClN2OS. The third-order valence-corrected chi connectivity index (χ3v) is 7.51. The standard InChI is InChI=1S/C21H30N2OS.ClH/c24-20(23-14-10-18(11-15-23)22-16-17-8-9-17)21(12-4-5-13-21)25-19-6-2-1-3-7-19;/h1-3,6-7,17-18,22H,4-5,8-16H2;1H. The van der Waals surface area contributed by atoms with E-state index >= 15 is 0 Å². The van der Waals surface area contributed by atoms with E-state index in [9.17, 15) is 4.79 Å². The molecule has 2 aliphatic carbocycles. The van der Waals surface area contributed by atoms with E-state index in [1.54, 1.807) is 0 Å². The number of halogens is 1. The molecule has 3 nitrogen and oxygen atoms in total. The van der Waals surface area contributed by atoms with Crippen LogP contribution in [-0.2, 0) is 4.79 Å². The van der Waals surface area contributed by atoms with E-state index in [1.165, 1.54) is 37.1 Å². The predicted molar refractivity (Wildman–Crippen MR) is 111 cm³/mol. The first kappa shape index (κ1) is 20.0. The number of nitrogens with zero attached hydrogens (tertiary/aromatic N) is 1. The van der Waals surface area contributed by atoms with Gasteiger partial charge in [0.2, 0.25) is 5.91 Å². The monoisotopic (exact) mass is 394 g/mol. The number of piperidine rings is 1. The minimum atomic E-state index is -0.213. The molecule has 3 aliphatic rings. The lowest BCUT2D eigenvalue weighted by atomic mass is 10.00. The van der Waals surface area contributed by atoms with Crippen molar-refractivity contribution in [3.8, 4) is 0 Å². The Bertz CT molecular complexity index is 579. The molecule has 0 bridgehead atoms. The van der Waals surface area contributed by atoms with Crippen LogP contribution in [0.25, 0.3) is 0 Å². The molecule has 1 aliphatic heterocycles. The molecule has 1 aromatic rings. The van der Waals surface area contributed by atoms with Crippen molar-refractivity contribution in [3.05, 3.63) is 30.3 Å². The Labute approximate surface area is 168 Å². The molecule has 1 heterocycles. The highest BCUT2D eigenvalue weighted by atomic mass is 35.5. The minimum Gasteiger partial charge on any atom is -0.341 e. The molecule has 0 aromatic heterocycles. The number of amides is 1. The fourth-order valence-electron chi connectivity index (χ4n) is 4.25. The van der Waals surface area contributed by atoms with Gasteiger partial charge in [-0.05, 0) is 63.1 Å². The Morgan fingerprint density at radius 3 is 2.35 bits per heavy atom. The van der Waals surface area contributed by atoms with Crippen molar-refractivity contribution in [1.82, 2.24) is 10.2 Å². The summed E-state index contributed by atoms with van der Waals surface area (Å²) < 4.78 is -0.213. The summed E-state index contributed by atoms with van der Waals surface area (Å²) in [6, 6.07) is 11.1. The van der Waals surface area contributed by atoms with Gasteiger partial charge in [-0.15, -0.1) is 24.2 Å². The minimum absolute atomic E-state index is 0. The third-order valence-electron chi connectivity index (χ3n) is 6.03. The van der Waals surface area contributed by atoms with Crippen LogP contribution in [0.5, 0.6) is 0 Å². The number of likely N-dealkylation sites (tertiary alicyclic amines) is 1. The molecule has 0 atom stereocenters. The molecule has 0 unspecified atom stereocenters. The fraction of sp³-hybridized carbons (Fsp3) is 0.667. The van der Waals surface area contributed by atoms with Crippen LogP contribution in [-0.4, -0.2) is 41.2 Å². The molecule has 2 saturated carbocycles. The Hall–Kier alpha value is -0.710. The van der Waals surface area contributed by atoms with Gasteiger partial charge in [-0.3, -0.25) is 4.79 Å². The van der Waals surface area contributed by atoms with E-state index in [2.05, 4.69) is 34.5 Å². The number of thioether (sulfide) groups is 1. The van der Waals surface area contributed by atoms with Gasteiger partial charge in [0.15, 0.2) is 0 Å². The number of nitrogens with one attached hydrogen (secondary N) is 1. The molecule has 1 amide bonds. The second-order valence-corrected chi connectivity index (χ2v) is 9.49. The molecule has 5 heteroatoms. The van der Waals surface area contributed by atoms with Crippen LogP contribution < -0.4 is 5.32 Å². The Morgan fingerprint density at radius 1 is 1.08 bits per heavy atom. The summed E-state index contributed by atoms with van der Waals surface area (Å²) in [5.74, 6) is 1.34. The average molecular weight is 395 g/mol. The van der Waals surface area contributed by atoms with Gasteiger partial charge in [-0.25, -0.2) is 0 Å². The zero-order valence-corrected chi connectivity index (χ0v) is 17.1. The number of benzene rings is 1. The van der Waals surface area contributed by atoms with E-state index in [0.717, 1.165) is 44.7 Å². The summed E-state index contributed by atoms with van der Waals surface area (Å²) in [7, 11) is 0. The van der Waals surface area contributed by atoms with Crippen molar-refractivity contribution in [1.29, 1.82) is 0 Å². The topological polar surface area (TPSA) is 32.3 Å². The fourth-order valence-corrected chi connectivity index (χ4v) is 5.70. The van der Waals surface area contributed by atoms with Gasteiger partial charge in [0.1, 0.15) is 0 Å². The molecular weight excluding hydrogens is 364 g/mol. The highest BCUT2D eigenvalue weighted by Crippen LogP contribution is 2.46. The third kappa shape index (κ3) is 4.76. The van der Waals surface area contributed by atoms with E-state index in [-0.39, 0.29) is 17.2 Å². The molecule has 1 N–H and O–H groups in total. The average Bonchev–Trinajstić information content (AvgIpc) is 3.38. The van der Waals surface area contributed by atoms with Crippen molar-refractivity contribution in [3.63, 3.8) is 0 Å². The summed E-state index contributed by atoms with van der Waals surface area (Å²) in [6.07, 6.45) is 9.48. The van der Waals surface area contributed by atoms with E-state index in [1.807, 2.05) is 17.8 Å². The lowest BCUT2D eigenvalue weighted by Crippen LogP contribution is -2.51. The molecule has 1 aromatic carbocycles. The van der Waals surface area contributed by atoms with Crippen molar-refractivity contribution in [2.45, 2.75) is 67.1 Å². The van der Waals surface area contributed by atoms with Crippen LogP contribution in [0.2, 0.25) is 0 Å². The lowest BCUT2D eigenvalue weighted by molar-refractivity contribution is -0.134. The zero-order chi connectivity index (χ0) is 17.1. The van der Waals surface area contributed by atoms with Crippen LogP contribution >= 0.6 is 24.2 Å². The summed E-state index contributed by atoms with van der Waals surface area (Å²) >= 11 is 1.82. The number of hydrogen-bond donors (Lipinski definition) is 1. The summed E-state index contributed by atoms with van der Waals surface area (Å²) in [5, 5.41) is 3.72. The Kier molecular flexibility index (Phi) is 6.92. The SMILES string of the molecule is Cl.O=C(N1CCC(NCC2CC2)CC1)C1(Sc2ccccc2)CCCC1. The molecule has 144 valence electrons. The van der Waals surface area contributed by atoms with Gasteiger partial charge in [0, 0.05) is 24.0 Å². The number of rotatable bonds is 6. The quantitative estimate of drug-likeness (QED) is 0.770. The number of carbonyl (C=O) groups is 1. The van der Waals surface area contributed by atoms with Crippen molar-refractivity contribution in [2.24, 2.45) is 5.92 Å². The molecule has 0 spiro atoms. The van der Waals surface area contributed by atoms with Crippen molar-refractivity contribution < 1.29 is 4.79 Å². The van der Waals surface area contributed by atoms with Crippen LogP contribution in [0.4, 0.5) is 0 Å². The van der Waals surface area contributed by atoms with Gasteiger partial charge in [0.05, 0.1) is 4.75 Å².